The molecule has 0 radical (unpaired) electrons. The maximum Gasteiger partial charge on any atom is 0.268 e. The molecule has 3 rings (SSSR count). The Morgan fingerprint density at radius 1 is 1.00 bits per heavy atom. The zero-order valence-corrected chi connectivity index (χ0v) is 14.2. The minimum atomic E-state index is -0.108. The number of hydrogen-bond acceptors (Lipinski definition) is 3. The predicted octanol–water partition coefficient (Wildman–Crippen LogP) is 4.99. The highest BCUT2D eigenvalue weighted by Crippen LogP contribution is 2.29. The molecule has 0 aliphatic carbocycles. The van der Waals surface area contributed by atoms with Gasteiger partial charge in [-0.25, -0.2) is 4.98 Å². The van der Waals surface area contributed by atoms with Gasteiger partial charge in [0, 0.05) is 11.3 Å². The van der Waals surface area contributed by atoms with Crippen molar-refractivity contribution in [2.24, 2.45) is 0 Å². The van der Waals surface area contributed by atoms with Crippen molar-refractivity contribution in [2.75, 3.05) is 5.32 Å². The van der Waals surface area contributed by atoms with Crippen LogP contribution in [0.25, 0.3) is 11.3 Å². The van der Waals surface area contributed by atoms with Crippen molar-refractivity contribution in [1.29, 1.82) is 0 Å². The number of hydrogen-bond donors (Lipinski definition) is 1. The van der Waals surface area contributed by atoms with Crippen LogP contribution in [0.5, 0.6) is 0 Å². The second-order valence-electron chi connectivity index (χ2n) is 5.48. The van der Waals surface area contributed by atoms with Crippen LogP contribution >= 0.6 is 11.3 Å². The van der Waals surface area contributed by atoms with E-state index in [1.807, 2.05) is 69.3 Å². The van der Waals surface area contributed by atoms with Crippen LogP contribution in [-0.2, 0) is 0 Å². The van der Waals surface area contributed by atoms with Crippen LogP contribution in [0.2, 0.25) is 0 Å². The first-order valence-electron chi connectivity index (χ1n) is 7.46. The van der Waals surface area contributed by atoms with E-state index >= 15 is 0 Å². The molecule has 3 nitrogen and oxygen atoms in total. The molecular formula is C19H18N2OS. The van der Waals surface area contributed by atoms with Gasteiger partial charge >= 0.3 is 0 Å². The van der Waals surface area contributed by atoms with Gasteiger partial charge in [-0.2, -0.15) is 0 Å². The predicted molar refractivity (Wildman–Crippen MR) is 96.2 cm³/mol. The molecule has 1 heterocycles. The fraction of sp³-hybridized carbons (Fsp3) is 0.158. The highest BCUT2D eigenvalue weighted by atomic mass is 32.1. The van der Waals surface area contributed by atoms with E-state index in [2.05, 4.69) is 10.3 Å². The van der Waals surface area contributed by atoms with Crippen LogP contribution in [0.1, 0.15) is 25.8 Å². The topological polar surface area (TPSA) is 42.0 Å². The Bertz CT molecular complexity index is 853. The van der Waals surface area contributed by atoms with E-state index < -0.39 is 0 Å². The minimum absolute atomic E-state index is 0.108. The quantitative estimate of drug-likeness (QED) is 0.738. The van der Waals surface area contributed by atoms with Crippen molar-refractivity contribution < 1.29 is 4.79 Å². The lowest BCUT2D eigenvalue weighted by Crippen LogP contribution is -2.12. The van der Waals surface area contributed by atoms with Gasteiger partial charge in [-0.3, -0.25) is 4.79 Å². The summed E-state index contributed by atoms with van der Waals surface area (Å²) in [5.41, 5.74) is 4.80. The lowest BCUT2D eigenvalue weighted by atomic mass is 10.1. The molecule has 0 atom stereocenters. The fourth-order valence-corrected chi connectivity index (χ4v) is 3.27. The average Bonchev–Trinajstić information content (AvgIpc) is 2.95. The van der Waals surface area contributed by atoms with Crippen molar-refractivity contribution in [2.45, 2.75) is 20.8 Å². The Hall–Kier alpha value is -2.46. The number of aryl methyl sites for hydroxylation is 2. The number of carbonyl (C=O) groups excluding carboxylic acids is 1. The Balaban J connectivity index is 1.96. The maximum atomic E-state index is 12.7. The summed E-state index contributed by atoms with van der Waals surface area (Å²) in [6, 6.07) is 15.7. The largest absolute Gasteiger partial charge is 0.321 e. The SMILES string of the molecule is Cc1nc(-c2ccccc2)c(C(=O)Nc2cccc(C)c2C)s1. The number of carbonyl (C=O) groups is 1. The van der Waals surface area contributed by atoms with Gasteiger partial charge in [-0.05, 0) is 38.0 Å². The Labute approximate surface area is 140 Å². The zero-order chi connectivity index (χ0) is 16.4. The Kier molecular flexibility index (Phi) is 4.26. The fourth-order valence-electron chi connectivity index (χ4n) is 2.44. The number of rotatable bonds is 3. The third kappa shape index (κ3) is 3.17. The summed E-state index contributed by atoms with van der Waals surface area (Å²) in [7, 11) is 0. The van der Waals surface area contributed by atoms with Crippen LogP contribution in [0, 0.1) is 20.8 Å². The summed E-state index contributed by atoms with van der Waals surface area (Å²) < 4.78 is 0. The number of anilines is 1. The summed E-state index contributed by atoms with van der Waals surface area (Å²) in [5.74, 6) is -0.108. The lowest BCUT2D eigenvalue weighted by Gasteiger charge is -2.10. The van der Waals surface area contributed by atoms with E-state index in [9.17, 15) is 4.79 Å². The van der Waals surface area contributed by atoms with Gasteiger partial charge in [0.2, 0.25) is 0 Å². The van der Waals surface area contributed by atoms with Crippen molar-refractivity contribution in [3.8, 4) is 11.3 Å². The average molecular weight is 322 g/mol. The molecule has 0 unspecified atom stereocenters. The minimum Gasteiger partial charge on any atom is -0.321 e. The van der Waals surface area contributed by atoms with Gasteiger partial charge in [0.15, 0.2) is 0 Å². The highest BCUT2D eigenvalue weighted by Gasteiger charge is 2.18. The molecule has 0 aliphatic heterocycles. The molecule has 0 bridgehead atoms. The van der Waals surface area contributed by atoms with Crippen LogP contribution in [-0.4, -0.2) is 10.9 Å². The number of amides is 1. The number of nitrogens with one attached hydrogen (secondary N) is 1. The van der Waals surface area contributed by atoms with Crippen molar-refractivity contribution in [1.82, 2.24) is 4.98 Å². The van der Waals surface area contributed by atoms with Crippen LogP contribution in [0.3, 0.4) is 0 Å². The van der Waals surface area contributed by atoms with Gasteiger partial charge in [-0.15, -0.1) is 11.3 Å². The zero-order valence-electron chi connectivity index (χ0n) is 13.4. The summed E-state index contributed by atoms with van der Waals surface area (Å²) in [6.07, 6.45) is 0. The smallest absolute Gasteiger partial charge is 0.268 e. The molecule has 0 fully saturated rings. The van der Waals surface area contributed by atoms with Gasteiger partial charge < -0.3 is 5.32 Å². The maximum absolute atomic E-state index is 12.7. The molecule has 1 aromatic heterocycles. The molecule has 23 heavy (non-hydrogen) atoms. The van der Waals surface area contributed by atoms with Crippen LogP contribution in [0.4, 0.5) is 5.69 Å². The van der Waals surface area contributed by atoms with Gasteiger partial charge in [-0.1, -0.05) is 42.5 Å². The normalized spacial score (nSPS) is 10.6. The van der Waals surface area contributed by atoms with Crippen molar-refractivity contribution >= 4 is 22.9 Å². The first-order valence-corrected chi connectivity index (χ1v) is 8.28. The van der Waals surface area contributed by atoms with E-state index in [4.69, 9.17) is 0 Å². The Morgan fingerprint density at radius 3 is 2.48 bits per heavy atom. The first-order chi connectivity index (χ1) is 11.1. The molecule has 3 aromatic rings. The van der Waals surface area contributed by atoms with E-state index in [0.29, 0.717) is 4.88 Å². The summed E-state index contributed by atoms with van der Waals surface area (Å²) in [4.78, 5) is 17.9. The molecule has 116 valence electrons. The molecule has 1 N–H and O–H groups in total. The monoisotopic (exact) mass is 322 g/mol. The molecule has 0 saturated heterocycles. The third-order valence-corrected chi connectivity index (χ3v) is 4.81. The van der Waals surface area contributed by atoms with E-state index in [1.165, 1.54) is 11.3 Å². The molecule has 2 aromatic carbocycles. The van der Waals surface area contributed by atoms with Gasteiger partial charge in [0.05, 0.1) is 10.7 Å². The van der Waals surface area contributed by atoms with Crippen LogP contribution in [0.15, 0.2) is 48.5 Å². The van der Waals surface area contributed by atoms with E-state index in [1.54, 1.807) is 0 Å². The van der Waals surface area contributed by atoms with E-state index in [0.717, 1.165) is 33.1 Å². The summed E-state index contributed by atoms with van der Waals surface area (Å²) >= 11 is 1.42. The molecule has 1 amide bonds. The first kappa shape index (κ1) is 15.4. The third-order valence-electron chi connectivity index (χ3n) is 3.84. The second-order valence-corrected chi connectivity index (χ2v) is 6.68. The van der Waals surface area contributed by atoms with E-state index in [-0.39, 0.29) is 5.91 Å². The summed E-state index contributed by atoms with van der Waals surface area (Å²) in [6.45, 7) is 5.98. The highest BCUT2D eigenvalue weighted by molar-refractivity contribution is 7.14. The second kappa shape index (κ2) is 6.34. The van der Waals surface area contributed by atoms with Gasteiger partial charge in [0.25, 0.3) is 5.91 Å². The van der Waals surface area contributed by atoms with Crippen LogP contribution < -0.4 is 5.32 Å². The molecule has 4 heteroatoms. The number of aromatic nitrogens is 1. The standard InChI is InChI=1S/C19H18N2OS/c1-12-8-7-11-16(13(12)2)21-19(22)18-17(20-14(3)23-18)15-9-5-4-6-10-15/h4-11H,1-3H3,(H,21,22). The molecule has 0 spiro atoms. The summed E-state index contributed by atoms with van der Waals surface area (Å²) in [5, 5.41) is 3.91. The number of benzene rings is 2. The van der Waals surface area contributed by atoms with Crippen molar-refractivity contribution in [3.63, 3.8) is 0 Å². The molecule has 0 aliphatic rings. The lowest BCUT2D eigenvalue weighted by molar-refractivity contribution is 0.103. The molecule has 0 saturated carbocycles. The Morgan fingerprint density at radius 2 is 1.74 bits per heavy atom. The van der Waals surface area contributed by atoms with Gasteiger partial charge in [0.1, 0.15) is 4.88 Å². The molecular weight excluding hydrogens is 304 g/mol. The van der Waals surface area contributed by atoms with Crippen molar-refractivity contribution in [3.05, 3.63) is 69.5 Å². The number of thiazole rings is 1. The number of nitrogens with zero attached hydrogens (tertiary/aromatic N) is 1.